The maximum atomic E-state index is 12.7. The Hall–Kier alpha value is -1.92. The van der Waals surface area contributed by atoms with E-state index in [2.05, 4.69) is 9.64 Å². The second kappa shape index (κ2) is 8.64. The van der Waals surface area contributed by atoms with Gasteiger partial charge >= 0.3 is 5.97 Å². The van der Waals surface area contributed by atoms with Crippen LogP contribution in [0.2, 0.25) is 0 Å². The molecule has 1 aromatic carbocycles. The lowest BCUT2D eigenvalue weighted by Crippen LogP contribution is -2.49. The monoisotopic (exact) mass is 360 g/mol. The normalized spacial score (nSPS) is 20.2. The molecule has 26 heavy (non-hydrogen) atoms. The molecule has 0 radical (unpaired) electrons. The van der Waals surface area contributed by atoms with E-state index in [0.29, 0.717) is 23.3 Å². The molecule has 0 N–H and O–H groups in total. The quantitative estimate of drug-likeness (QED) is 0.771. The smallest absolute Gasteiger partial charge is 0.337 e. The highest BCUT2D eigenvalue weighted by Gasteiger charge is 2.29. The van der Waals surface area contributed by atoms with Gasteiger partial charge in [-0.1, -0.05) is 0 Å². The SMILES string of the molecule is COC(=O)c1ccc(C(=O)N2CCC(N3CCC(OC)CC3)CC2)cc1. The van der Waals surface area contributed by atoms with E-state index in [9.17, 15) is 9.59 Å². The van der Waals surface area contributed by atoms with E-state index in [1.54, 1.807) is 31.4 Å². The molecule has 2 aliphatic heterocycles. The van der Waals surface area contributed by atoms with Crippen molar-refractivity contribution in [3.8, 4) is 0 Å². The van der Waals surface area contributed by atoms with Gasteiger partial charge in [0.05, 0.1) is 18.8 Å². The largest absolute Gasteiger partial charge is 0.465 e. The second-order valence-corrected chi connectivity index (χ2v) is 7.06. The topological polar surface area (TPSA) is 59.1 Å². The summed E-state index contributed by atoms with van der Waals surface area (Å²) in [6.45, 7) is 3.75. The Morgan fingerprint density at radius 2 is 1.46 bits per heavy atom. The molecule has 3 rings (SSSR count). The van der Waals surface area contributed by atoms with E-state index in [1.807, 2.05) is 4.90 Å². The number of nitrogens with zero attached hydrogens (tertiary/aromatic N) is 2. The standard InChI is InChI=1S/C20H28N2O4/c1-25-18-9-13-21(14-10-18)17-7-11-22(12-8-17)19(23)15-3-5-16(6-4-15)20(24)26-2/h3-6,17-18H,7-14H2,1-2H3. The van der Waals surface area contributed by atoms with Crippen LogP contribution < -0.4 is 0 Å². The first-order valence-corrected chi connectivity index (χ1v) is 9.37. The van der Waals surface area contributed by atoms with Gasteiger partial charge in [-0.3, -0.25) is 4.79 Å². The Kier molecular flexibility index (Phi) is 6.27. The number of likely N-dealkylation sites (tertiary alicyclic amines) is 2. The zero-order valence-electron chi connectivity index (χ0n) is 15.6. The number of amides is 1. The number of methoxy groups -OCH3 is 2. The fraction of sp³-hybridized carbons (Fsp3) is 0.600. The van der Waals surface area contributed by atoms with Crippen molar-refractivity contribution in [2.24, 2.45) is 0 Å². The van der Waals surface area contributed by atoms with E-state index >= 15 is 0 Å². The predicted molar refractivity (Wildman–Crippen MR) is 98.3 cm³/mol. The van der Waals surface area contributed by atoms with Gasteiger partial charge in [0, 0.05) is 44.9 Å². The second-order valence-electron chi connectivity index (χ2n) is 7.06. The van der Waals surface area contributed by atoms with E-state index in [0.717, 1.165) is 51.9 Å². The average molecular weight is 360 g/mol. The lowest BCUT2D eigenvalue weighted by Gasteiger charge is -2.41. The van der Waals surface area contributed by atoms with Crippen molar-refractivity contribution in [2.75, 3.05) is 40.4 Å². The van der Waals surface area contributed by atoms with Crippen LogP contribution in [0.4, 0.5) is 0 Å². The highest BCUT2D eigenvalue weighted by atomic mass is 16.5. The van der Waals surface area contributed by atoms with E-state index in [-0.39, 0.29) is 11.9 Å². The van der Waals surface area contributed by atoms with Gasteiger partial charge < -0.3 is 19.3 Å². The molecule has 142 valence electrons. The highest BCUT2D eigenvalue weighted by Crippen LogP contribution is 2.23. The molecule has 0 bridgehead atoms. The van der Waals surface area contributed by atoms with E-state index < -0.39 is 0 Å². The Labute approximate surface area is 155 Å². The number of benzene rings is 1. The molecule has 2 aliphatic rings. The number of piperidine rings is 2. The van der Waals surface area contributed by atoms with Gasteiger partial charge in [0.15, 0.2) is 0 Å². The minimum atomic E-state index is -0.387. The summed E-state index contributed by atoms with van der Waals surface area (Å²) >= 11 is 0. The minimum absolute atomic E-state index is 0.0398. The number of esters is 1. The molecule has 1 aromatic rings. The Morgan fingerprint density at radius 3 is 2.00 bits per heavy atom. The predicted octanol–water partition coefficient (Wildman–Crippen LogP) is 2.19. The van der Waals surface area contributed by atoms with Crippen LogP contribution in [0, 0.1) is 0 Å². The number of carbonyl (C=O) groups is 2. The van der Waals surface area contributed by atoms with Crippen LogP contribution in [0.3, 0.4) is 0 Å². The van der Waals surface area contributed by atoms with Crippen molar-refractivity contribution in [3.63, 3.8) is 0 Å². The van der Waals surface area contributed by atoms with Crippen LogP contribution in [0.25, 0.3) is 0 Å². The van der Waals surface area contributed by atoms with Gasteiger partial charge in [-0.05, 0) is 49.9 Å². The number of carbonyl (C=O) groups excluding carboxylic acids is 2. The van der Waals surface area contributed by atoms with Gasteiger partial charge in [0.1, 0.15) is 0 Å². The Morgan fingerprint density at radius 1 is 0.885 bits per heavy atom. The van der Waals surface area contributed by atoms with Crippen LogP contribution in [0.1, 0.15) is 46.4 Å². The molecular weight excluding hydrogens is 332 g/mol. The van der Waals surface area contributed by atoms with Crippen LogP contribution in [-0.2, 0) is 9.47 Å². The highest BCUT2D eigenvalue weighted by molar-refractivity contribution is 5.96. The zero-order valence-corrected chi connectivity index (χ0v) is 15.6. The molecule has 1 amide bonds. The molecule has 0 unspecified atom stereocenters. The first-order valence-electron chi connectivity index (χ1n) is 9.37. The zero-order chi connectivity index (χ0) is 18.5. The molecule has 2 fully saturated rings. The van der Waals surface area contributed by atoms with Crippen LogP contribution in [-0.4, -0.2) is 74.2 Å². The van der Waals surface area contributed by atoms with E-state index in [1.165, 1.54) is 7.11 Å². The van der Waals surface area contributed by atoms with Crippen LogP contribution in [0.15, 0.2) is 24.3 Å². The van der Waals surface area contributed by atoms with Crippen LogP contribution in [0.5, 0.6) is 0 Å². The van der Waals surface area contributed by atoms with Gasteiger partial charge in [-0.2, -0.15) is 0 Å². The summed E-state index contributed by atoms with van der Waals surface area (Å²) in [5.74, 6) is -0.347. The Bertz CT molecular complexity index is 615. The van der Waals surface area contributed by atoms with Crippen molar-refractivity contribution in [1.29, 1.82) is 0 Å². The van der Waals surface area contributed by atoms with E-state index in [4.69, 9.17) is 4.74 Å². The molecule has 2 heterocycles. The molecule has 0 aromatic heterocycles. The number of hydrogen-bond acceptors (Lipinski definition) is 5. The third-order valence-corrected chi connectivity index (χ3v) is 5.63. The lowest BCUT2D eigenvalue weighted by molar-refractivity contribution is 0.0145. The summed E-state index contributed by atoms with van der Waals surface area (Å²) in [4.78, 5) is 28.7. The number of rotatable bonds is 4. The van der Waals surface area contributed by atoms with Crippen molar-refractivity contribution in [1.82, 2.24) is 9.80 Å². The molecule has 0 spiro atoms. The molecule has 0 saturated carbocycles. The summed E-state index contributed by atoms with van der Waals surface area (Å²) in [6, 6.07) is 7.27. The molecular formula is C20H28N2O4. The van der Waals surface area contributed by atoms with Gasteiger partial charge in [0.25, 0.3) is 5.91 Å². The van der Waals surface area contributed by atoms with Gasteiger partial charge in [-0.15, -0.1) is 0 Å². The maximum Gasteiger partial charge on any atom is 0.337 e. The summed E-state index contributed by atoms with van der Waals surface area (Å²) in [6.07, 6.45) is 4.64. The minimum Gasteiger partial charge on any atom is -0.465 e. The summed E-state index contributed by atoms with van der Waals surface area (Å²) in [5, 5.41) is 0. The first-order chi connectivity index (χ1) is 12.6. The third-order valence-electron chi connectivity index (χ3n) is 5.63. The van der Waals surface area contributed by atoms with Crippen molar-refractivity contribution in [2.45, 2.75) is 37.8 Å². The van der Waals surface area contributed by atoms with Crippen LogP contribution >= 0.6 is 0 Å². The molecule has 6 nitrogen and oxygen atoms in total. The van der Waals surface area contributed by atoms with Crippen molar-refractivity contribution < 1.29 is 19.1 Å². The Balaban J connectivity index is 1.51. The molecule has 0 atom stereocenters. The summed E-state index contributed by atoms with van der Waals surface area (Å²) in [7, 11) is 3.14. The first kappa shape index (κ1) is 18.9. The van der Waals surface area contributed by atoms with Crippen molar-refractivity contribution in [3.05, 3.63) is 35.4 Å². The summed E-state index contributed by atoms with van der Waals surface area (Å²) < 4.78 is 10.1. The third kappa shape index (κ3) is 4.24. The molecule has 6 heteroatoms. The number of ether oxygens (including phenoxy) is 2. The molecule has 2 saturated heterocycles. The van der Waals surface area contributed by atoms with Crippen molar-refractivity contribution >= 4 is 11.9 Å². The summed E-state index contributed by atoms with van der Waals surface area (Å²) in [5.41, 5.74) is 1.08. The average Bonchev–Trinajstić information content (AvgIpc) is 2.73. The van der Waals surface area contributed by atoms with Gasteiger partial charge in [-0.25, -0.2) is 4.79 Å². The fourth-order valence-electron chi connectivity index (χ4n) is 3.96. The maximum absolute atomic E-state index is 12.7. The van der Waals surface area contributed by atoms with Gasteiger partial charge in [0.2, 0.25) is 0 Å². The molecule has 0 aliphatic carbocycles. The fourth-order valence-corrected chi connectivity index (χ4v) is 3.96. The lowest BCUT2D eigenvalue weighted by atomic mass is 9.98. The number of hydrogen-bond donors (Lipinski definition) is 0.